The van der Waals surface area contributed by atoms with Crippen molar-refractivity contribution in [2.24, 2.45) is 0 Å². The Balaban J connectivity index is 1.70. The standard InChI is InChI=1S/C19H15ClN4O/c1-25-14-6-4-13(5-7-14)23-18-10-12(9-17(20)24-18)16-11-22-19-15(16)3-2-8-21-19/h2-11H,1H3,(H,21,22)(H,23,24). The van der Waals surface area contributed by atoms with E-state index in [1.54, 1.807) is 13.3 Å². The van der Waals surface area contributed by atoms with Crippen LogP contribution in [0, 0.1) is 0 Å². The average molecular weight is 351 g/mol. The van der Waals surface area contributed by atoms with Gasteiger partial charge in [-0.05, 0) is 54.1 Å². The molecule has 6 heteroatoms. The van der Waals surface area contributed by atoms with Gasteiger partial charge in [0.2, 0.25) is 0 Å². The number of rotatable bonds is 4. The van der Waals surface area contributed by atoms with Gasteiger partial charge in [-0.3, -0.25) is 0 Å². The summed E-state index contributed by atoms with van der Waals surface area (Å²) < 4.78 is 5.17. The van der Waals surface area contributed by atoms with Crippen LogP contribution in [0.2, 0.25) is 5.15 Å². The molecule has 3 aromatic heterocycles. The summed E-state index contributed by atoms with van der Waals surface area (Å²) in [4.78, 5) is 11.9. The van der Waals surface area contributed by atoms with E-state index in [1.165, 1.54) is 0 Å². The molecule has 3 heterocycles. The second kappa shape index (κ2) is 6.45. The molecule has 0 aliphatic rings. The summed E-state index contributed by atoms with van der Waals surface area (Å²) in [7, 11) is 1.64. The van der Waals surface area contributed by atoms with Gasteiger partial charge in [-0.2, -0.15) is 0 Å². The Bertz CT molecular complexity index is 1030. The number of pyridine rings is 2. The van der Waals surface area contributed by atoms with Crippen LogP contribution in [0.4, 0.5) is 11.5 Å². The Kier molecular flexibility index (Phi) is 3.99. The van der Waals surface area contributed by atoms with Gasteiger partial charge in [-0.15, -0.1) is 0 Å². The number of H-pyrrole nitrogens is 1. The van der Waals surface area contributed by atoms with Gasteiger partial charge in [-0.25, -0.2) is 9.97 Å². The predicted molar refractivity (Wildman–Crippen MR) is 101 cm³/mol. The molecule has 2 N–H and O–H groups in total. The van der Waals surface area contributed by atoms with Crippen molar-refractivity contribution in [3.05, 3.63) is 66.1 Å². The van der Waals surface area contributed by atoms with E-state index in [1.807, 2.05) is 54.7 Å². The van der Waals surface area contributed by atoms with Crippen molar-refractivity contribution in [1.29, 1.82) is 0 Å². The van der Waals surface area contributed by atoms with Crippen molar-refractivity contribution >= 4 is 34.1 Å². The number of benzene rings is 1. The molecule has 1 aromatic carbocycles. The van der Waals surface area contributed by atoms with Gasteiger partial charge in [0.1, 0.15) is 22.4 Å². The number of nitrogens with zero attached hydrogens (tertiary/aromatic N) is 2. The van der Waals surface area contributed by atoms with Gasteiger partial charge in [0.05, 0.1) is 7.11 Å². The van der Waals surface area contributed by atoms with Gasteiger partial charge in [-0.1, -0.05) is 11.6 Å². The Morgan fingerprint density at radius 2 is 1.96 bits per heavy atom. The van der Waals surface area contributed by atoms with Crippen molar-refractivity contribution < 1.29 is 4.74 Å². The van der Waals surface area contributed by atoms with Crippen LogP contribution < -0.4 is 10.1 Å². The maximum atomic E-state index is 6.24. The van der Waals surface area contributed by atoms with Crippen molar-refractivity contribution in [3.63, 3.8) is 0 Å². The van der Waals surface area contributed by atoms with Crippen molar-refractivity contribution in [2.75, 3.05) is 12.4 Å². The summed E-state index contributed by atoms with van der Waals surface area (Å²) in [5.74, 6) is 1.47. The van der Waals surface area contributed by atoms with Crippen molar-refractivity contribution in [1.82, 2.24) is 15.0 Å². The minimum Gasteiger partial charge on any atom is -0.497 e. The highest BCUT2D eigenvalue weighted by atomic mass is 35.5. The number of aromatic amines is 1. The molecule has 5 nitrogen and oxygen atoms in total. The fourth-order valence-corrected chi connectivity index (χ4v) is 2.94. The van der Waals surface area contributed by atoms with E-state index in [2.05, 4.69) is 20.3 Å². The van der Waals surface area contributed by atoms with Gasteiger partial charge < -0.3 is 15.0 Å². The minimum absolute atomic E-state index is 0.423. The quantitative estimate of drug-likeness (QED) is 0.507. The highest BCUT2D eigenvalue weighted by Gasteiger charge is 2.09. The molecule has 0 saturated carbocycles. The lowest BCUT2D eigenvalue weighted by Gasteiger charge is -2.09. The third-order valence-electron chi connectivity index (χ3n) is 3.92. The first-order chi connectivity index (χ1) is 12.2. The van der Waals surface area contributed by atoms with Crippen LogP contribution in [-0.2, 0) is 0 Å². The summed E-state index contributed by atoms with van der Waals surface area (Å²) in [6.45, 7) is 0. The molecular formula is C19H15ClN4O. The highest BCUT2D eigenvalue weighted by Crippen LogP contribution is 2.31. The number of anilines is 2. The van der Waals surface area contributed by atoms with Crippen molar-refractivity contribution in [3.8, 4) is 16.9 Å². The highest BCUT2D eigenvalue weighted by molar-refractivity contribution is 6.29. The van der Waals surface area contributed by atoms with Crippen LogP contribution in [0.1, 0.15) is 0 Å². The Morgan fingerprint density at radius 3 is 2.76 bits per heavy atom. The topological polar surface area (TPSA) is 62.8 Å². The lowest BCUT2D eigenvalue weighted by molar-refractivity contribution is 0.415. The van der Waals surface area contributed by atoms with E-state index in [4.69, 9.17) is 16.3 Å². The Morgan fingerprint density at radius 1 is 1.12 bits per heavy atom. The molecule has 124 valence electrons. The van der Waals surface area contributed by atoms with Crippen LogP contribution >= 0.6 is 11.6 Å². The Labute approximate surface area is 149 Å². The second-order valence-electron chi connectivity index (χ2n) is 5.52. The lowest BCUT2D eigenvalue weighted by atomic mass is 10.1. The molecule has 0 spiro atoms. The van der Waals surface area contributed by atoms with Crippen LogP contribution in [0.5, 0.6) is 5.75 Å². The summed E-state index contributed by atoms with van der Waals surface area (Å²) in [5.41, 5.74) is 3.75. The third kappa shape index (κ3) is 3.14. The number of ether oxygens (including phenoxy) is 1. The molecular weight excluding hydrogens is 336 g/mol. The van der Waals surface area contributed by atoms with Crippen LogP contribution in [-0.4, -0.2) is 22.1 Å². The number of aromatic nitrogens is 3. The van der Waals surface area contributed by atoms with Gasteiger partial charge >= 0.3 is 0 Å². The molecule has 0 saturated heterocycles. The zero-order valence-electron chi connectivity index (χ0n) is 13.5. The first-order valence-electron chi connectivity index (χ1n) is 7.74. The molecule has 0 radical (unpaired) electrons. The van der Waals surface area contributed by atoms with Crippen LogP contribution in [0.15, 0.2) is 60.9 Å². The Hall–Kier alpha value is -3.05. The molecule has 0 aliphatic heterocycles. The van der Waals surface area contributed by atoms with E-state index in [0.29, 0.717) is 11.0 Å². The zero-order chi connectivity index (χ0) is 17.2. The molecule has 4 aromatic rings. The summed E-state index contributed by atoms with van der Waals surface area (Å²) in [5, 5.41) is 4.73. The van der Waals surface area contributed by atoms with Crippen LogP contribution in [0.25, 0.3) is 22.2 Å². The monoisotopic (exact) mass is 350 g/mol. The summed E-state index contributed by atoms with van der Waals surface area (Å²) in [6, 6.07) is 15.4. The number of hydrogen-bond acceptors (Lipinski definition) is 4. The summed E-state index contributed by atoms with van der Waals surface area (Å²) in [6.07, 6.45) is 3.69. The lowest BCUT2D eigenvalue weighted by Crippen LogP contribution is -1.95. The summed E-state index contributed by atoms with van der Waals surface area (Å²) >= 11 is 6.24. The van der Waals surface area contributed by atoms with E-state index in [0.717, 1.165) is 33.6 Å². The molecule has 25 heavy (non-hydrogen) atoms. The van der Waals surface area contributed by atoms with E-state index < -0.39 is 0 Å². The van der Waals surface area contributed by atoms with Gasteiger partial charge in [0.25, 0.3) is 0 Å². The fraction of sp³-hybridized carbons (Fsp3) is 0.0526. The molecule has 4 rings (SSSR count). The first-order valence-corrected chi connectivity index (χ1v) is 8.12. The molecule has 0 aliphatic carbocycles. The van der Waals surface area contributed by atoms with E-state index in [9.17, 15) is 0 Å². The average Bonchev–Trinajstić information content (AvgIpc) is 3.06. The number of nitrogens with one attached hydrogen (secondary N) is 2. The number of fused-ring (bicyclic) bond motifs is 1. The predicted octanol–water partition coefficient (Wildman–Crippen LogP) is 5.03. The van der Waals surface area contributed by atoms with E-state index in [-0.39, 0.29) is 0 Å². The number of halogens is 1. The maximum absolute atomic E-state index is 6.24. The molecule has 0 fully saturated rings. The fourth-order valence-electron chi connectivity index (χ4n) is 2.73. The third-order valence-corrected chi connectivity index (χ3v) is 4.11. The smallest absolute Gasteiger partial charge is 0.137 e. The van der Waals surface area contributed by atoms with Crippen molar-refractivity contribution in [2.45, 2.75) is 0 Å². The molecule has 0 unspecified atom stereocenters. The molecule has 0 amide bonds. The van der Waals surface area contributed by atoms with Gasteiger partial charge in [0.15, 0.2) is 0 Å². The largest absolute Gasteiger partial charge is 0.497 e. The zero-order valence-corrected chi connectivity index (χ0v) is 14.2. The molecule has 0 atom stereocenters. The first kappa shape index (κ1) is 15.5. The number of methoxy groups -OCH3 is 1. The maximum Gasteiger partial charge on any atom is 0.137 e. The SMILES string of the molecule is COc1ccc(Nc2cc(-c3c[nH]c4ncccc34)cc(Cl)n2)cc1. The minimum atomic E-state index is 0.423. The molecule has 0 bridgehead atoms. The van der Waals surface area contributed by atoms with E-state index >= 15 is 0 Å². The van der Waals surface area contributed by atoms with Gasteiger partial charge in [0, 0.05) is 29.0 Å². The number of hydrogen-bond donors (Lipinski definition) is 2. The normalized spacial score (nSPS) is 10.8. The second-order valence-corrected chi connectivity index (χ2v) is 5.91. The van der Waals surface area contributed by atoms with Crippen LogP contribution in [0.3, 0.4) is 0 Å².